The van der Waals surface area contributed by atoms with E-state index in [4.69, 9.17) is 23.2 Å². The number of fused-ring (bicyclic) bond motifs is 4. The second-order valence-corrected chi connectivity index (χ2v) is 12.7. The van der Waals surface area contributed by atoms with Crippen molar-refractivity contribution in [2.45, 2.75) is 35.1 Å². The van der Waals surface area contributed by atoms with Gasteiger partial charge in [0, 0.05) is 10.8 Å². The van der Waals surface area contributed by atoms with Crippen LogP contribution in [0, 0.1) is 17.8 Å². The van der Waals surface area contributed by atoms with E-state index in [1.54, 1.807) is 12.1 Å². The van der Waals surface area contributed by atoms with Gasteiger partial charge < -0.3 is 5.11 Å². The van der Waals surface area contributed by atoms with Gasteiger partial charge in [0.1, 0.15) is 5.75 Å². The van der Waals surface area contributed by atoms with Crippen molar-refractivity contribution in [2.24, 2.45) is 17.8 Å². The van der Waals surface area contributed by atoms with Crippen LogP contribution < -0.4 is 0 Å². The number of likely N-dealkylation sites (tertiary alicyclic amines) is 2. The van der Waals surface area contributed by atoms with Gasteiger partial charge in [0.15, 0.2) is 9.75 Å². The number of phenolic OH excluding ortho intramolecular Hbond substituents is 1. The van der Waals surface area contributed by atoms with Crippen molar-refractivity contribution in [1.82, 2.24) is 9.80 Å². The maximum atomic E-state index is 13.8. The van der Waals surface area contributed by atoms with Crippen LogP contribution in [0.25, 0.3) is 0 Å². The van der Waals surface area contributed by atoms with Crippen molar-refractivity contribution in [3.05, 3.63) is 63.9 Å². The number of rotatable bonds is 4. The average molecular weight is 624 g/mol. The molecule has 1 aromatic carbocycles. The molecule has 1 N–H and O–H groups in total. The number of halogens is 3. The summed E-state index contributed by atoms with van der Waals surface area (Å²) in [5.41, 5.74) is 1.14. The Balaban J connectivity index is 1.49. The molecule has 1 aromatic heterocycles. The normalized spacial score (nSPS) is 34.9. The second-order valence-electron chi connectivity index (χ2n) is 9.92. The van der Waals surface area contributed by atoms with Crippen molar-refractivity contribution < 1.29 is 24.3 Å². The largest absolute Gasteiger partial charge is 0.508 e. The number of benzene rings is 1. The Kier molecular flexibility index (Phi) is 5.87. The lowest BCUT2D eigenvalue weighted by molar-refractivity contribution is -0.141. The Bertz CT molecular complexity index is 1380. The first-order chi connectivity index (χ1) is 17.6. The standard InChI is InChI=1S/C26H21BrCl2N2O5S/c27-12-31-23(35)25(28)10-18-16(20(26(25,29)24(31)36)13-3-1-4-14(32)9-13)6-7-17-19(18)22(34)30(21(17)33)11-15-5-2-8-37-15/h1-6,8-9,17-20,32H,7,10-12H2. The van der Waals surface area contributed by atoms with Crippen molar-refractivity contribution >= 4 is 74.1 Å². The van der Waals surface area contributed by atoms with Gasteiger partial charge in [0.05, 0.1) is 23.8 Å². The van der Waals surface area contributed by atoms with Crippen molar-refractivity contribution in [1.29, 1.82) is 0 Å². The Hall–Kier alpha value is -2.20. The first kappa shape index (κ1) is 25.1. The molecule has 2 aromatic rings. The fourth-order valence-electron chi connectivity index (χ4n) is 6.61. The monoisotopic (exact) mass is 622 g/mol. The zero-order chi connectivity index (χ0) is 26.3. The molecule has 3 fully saturated rings. The number of thiophene rings is 1. The minimum Gasteiger partial charge on any atom is -0.508 e. The Morgan fingerprint density at radius 1 is 1.03 bits per heavy atom. The maximum absolute atomic E-state index is 13.8. The molecule has 1 saturated carbocycles. The summed E-state index contributed by atoms with van der Waals surface area (Å²) in [6, 6.07) is 10.1. The highest BCUT2D eigenvalue weighted by atomic mass is 79.9. The summed E-state index contributed by atoms with van der Waals surface area (Å²) in [6.07, 6.45) is 2.14. The second kappa shape index (κ2) is 8.66. The van der Waals surface area contributed by atoms with Gasteiger partial charge in [-0.3, -0.25) is 29.0 Å². The molecule has 4 aliphatic rings. The third-order valence-electron chi connectivity index (χ3n) is 8.20. The molecule has 37 heavy (non-hydrogen) atoms. The lowest BCUT2D eigenvalue weighted by Gasteiger charge is -2.50. The molecule has 192 valence electrons. The number of hydrogen-bond acceptors (Lipinski definition) is 6. The number of hydrogen-bond donors (Lipinski definition) is 1. The first-order valence-electron chi connectivity index (χ1n) is 11.8. The predicted octanol–water partition coefficient (Wildman–Crippen LogP) is 4.37. The first-order valence-corrected chi connectivity index (χ1v) is 14.6. The van der Waals surface area contributed by atoms with Crippen LogP contribution in [-0.2, 0) is 25.7 Å². The van der Waals surface area contributed by atoms with E-state index in [0.29, 0.717) is 17.6 Å². The molecule has 0 spiro atoms. The smallest absolute Gasteiger partial charge is 0.254 e. The molecule has 2 aliphatic heterocycles. The summed E-state index contributed by atoms with van der Waals surface area (Å²) in [5, 5.41) is 12.2. The summed E-state index contributed by atoms with van der Waals surface area (Å²) in [7, 11) is 0. The molecule has 3 heterocycles. The van der Waals surface area contributed by atoms with E-state index in [1.807, 2.05) is 23.6 Å². The summed E-state index contributed by atoms with van der Waals surface area (Å²) in [5.74, 6) is -4.59. The molecule has 0 bridgehead atoms. The molecule has 0 radical (unpaired) electrons. The van der Waals surface area contributed by atoms with Crippen LogP contribution in [0.4, 0.5) is 0 Å². The van der Waals surface area contributed by atoms with Gasteiger partial charge in [0.25, 0.3) is 11.8 Å². The molecule has 11 heteroatoms. The van der Waals surface area contributed by atoms with Crippen LogP contribution in [0.3, 0.4) is 0 Å². The van der Waals surface area contributed by atoms with Gasteiger partial charge in [-0.1, -0.05) is 45.8 Å². The van der Waals surface area contributed by atoms with E-state index < -0.39 is 45.2 Å². The maximum Gasteiger partial charge on any atom is 0.254 e. The third kappa shape index (κ3) is 3.30. The van der Waals surface area contributed by atoms with E-state index in [0.717, 1.165) is 9.78 Å². The van der Waals surface area contributed by atoms with Gasteiger partial charge >= 0.3 is 0 Å². The fraction of sp³-hybridized carbons (Fsp3) is 0.385. The molecule has 6 atom stereocenters. The molecule has 6 rings (SSSR count). The number of nitrogens with zero attached hydrogens (tertiary/aromatic N) is 2. The van der Waals surface area contributed by atoms with Crippen LogP contribution in [0.2, 0.25) is 0 Å². The SMILES string of the molecule is O=C1C2CC=C3C(CC4(Cl)C(=O)N(CBr)C(=O)C4(Cl)C3c3cccc(O)c3)C2C(=O)N1Cc1cccs1. The number of aromatic hydroxyl groups is 1. The lowest BCUT2D eigenvalue weighted by atomic mass is 9.56. The van der Waals surface area contributed by atoms with Crippen molar-refractivity contribution in [3.63, 3.8) is 0 Å². The number of amides is 4. The van der Waals surface area contributed by atoms with Crippen LogP contribution in [-0.4, -0.2) is 53.7 Å². The minimum absolute atomic E-state index is 0.0299. The van der Waals surface area contributed by atoms with E-state index in [-0.39, 0.29) is 36.0 Å². The number of alkyl halides is 3. The molecule has 7 nitrogen and oxygen atoms in total. The fourth-order valence-corrected chi connectivity index (χ4v) is 8.73. The van der Waals surface area contributed by atoms with Crippen LogP contribution in [0.5, 0.6) is 5.75 Å². The quantitative estimate of drug-likeness (QED) is 0.236. The van der Waals surface area contributed by atoms with Gasteiger partial charge in [0.2, 0.25) is 11.8 Å². The van der Waals surface area contributed by atoms with Gasteiger partial charge in [-0.25, -0.2) is 0 Å². The molecule has 2 aliphatic carbocycles. The predicted molar refractivity (Wildman–Crippen MR) is 141 cm³/mol. The highest BCUT2D eigenvalue weighted by Crippen LogP contribution is 2.65. The van der Waals surface area contributed by atoms with E-state index in [1.165, 1.54) is 28.4 Å². The number of allylic oxidation sites excluding steroid dienone is 2. The molecular weight excluding hydrogens is 603 g/mol. The zero-order valence-corrected chi connectivity index (χ0v) is 23.2. The highest BCUT2D eigenvalue weighted by molar-refractivity contribution is 9.09. The summed E-state index contributed by atoms with van der Waals surface area (Å²) in [4.78, 5) is 53.9. The lowest BCUT2D eigenvalue weighted by Crippen LogP contribution is -2.60. The summed E-state index contributed by atoms with van der Waals surface area (Å²) in [6.45, 7) is 0.195. The number of imide groups is 2. The van der Waals surface area contributed by atoms with Gasteiger partial charge in [-0.05, 0) is 47.9 Å². The van der Waals surface area contributed by atoms with E-state index >= 15 is 0 Å². The molecular formula is C26H21BrCl2N2O5S. The number of carbonyl (C=O) groups excluding carboxylic acids is 4. The summed E-state index contributed by atoms with van der Waals surface area (Å²) >= 11 is 19.0. The number of phenols is 1. The van der Waals surface area contributed by atoms with Gasteiger partial charge in [-0.2, -0.15) is 0 Å². The molecule has 2 saturated heterocycles. The Morgan fingerprint density at radius 2 is 1.81 bits per heavy atom. The van der Waals surface area contributed by atoms with Crippen molar-refractivity contribution in [2.75, 3.05) is 5.45 Å². The van der Waals surface area contributed by atoms with Crippen LogP contribution >= 0.6 is 50.5 Å². The molecule has 6 unspecified atom stereocenters. The summed E-state index contributed by atoms with van der Waals surface area (Å²) < 4.78 is 0. The minimum atomic E-state index is -1.87. The highest BCUT2D eigenvalue weighted by Gasteiger charge is 2.76. The van der Waals surface area contributed by atoms with Crippen LogP contribution in [0.1, 0.15) is 29.2 Å². The van der Waals surface area contributed by atoms with E-state index in [9.17, 15) is 24.3 Å². The molecule has 4 amide bonds. The van der Waals surface area contributed by atoms with Gasteiger partial charge in [-0.15, -0.1) is 34.5 Å². The topological polar surface area (TPSA) is 95.0 Å². The average Bonchev–Trinajstić information content (AvgIpc) is 3.51. The Morgan fingerprint density at radius 3 is 2.49 bits per heavy atom. The van der Waals surface area contributed by atoms with Crippen LogP contribution in [0.15, 0.2) is 53.4 Å². The van der Waals surface area contributed by atoms with E-state index in [2.05, 4.69) is 15.9 Å². The third-order valence-corrected chi connectivity index (χ3v) is 11.0. The van der Waals surface area contributed by atoms with Crippen molar-refractivity contribution in [3.8, 4) is 5.75 Å². The number of carbonyl (C=O) groups is 4. The Labute approximate surface area is 235 Å². The zero-order valence-electron chi connectivity index (χ0n) is 19.3.